The average Bonchev–Trinajstić information content (AvgIpc) is 2.37. The third-order valence-corrected chi connectivity index (χ3v) is 3.80. The smallest absolute Gasteiger partial charge is 0.251 e. The molecule has 0 aliphatic rings. The lowest BCUT2D eigenvalue weighted by atomic mass is 10.2. The first-order valence-corrected chi connectivity index (χ1v) is 7.37. The van der Waals surface area contributed by atoms with E-state index in [-0.39, 0.29) is 5.91 Å². The zero-order valence-electron chi connectivity index (χ0n) is 9.79. The molecular formula is C14H10Cl2INO. The number of hydrogen-bond acceptors (Lipinski definition) is 1. The molecule has 5 heteroatoms. The normalized spacial score (nSPS) is 10.3. The van der Waals surface area contributed by atoms with Crippen LogP contribution in [-0.4, -0.2) is 5.91 Å². The molecule has 0 saturated carbocycles. The highest BCUT2D eigenvalue weighted by Gasteiger charge is 2.07. The van der Waals surface area contributed by atoms with E-state index in [4.69, 9.17) is 23.2 Å². The van der Waals surface area contributed by atoms with Crippen molar-refractivity contribution < 1.29 is 4.79 Å². The van der Waals surface area contributed by atoms with Crippen molar-refractivity contribution in [3.8, 4) is 0 Å². The van der Waals surface area contributed by atoms with Gasteiger partial charge in [0.2, 0.25) is 0 Å². The quantitative estimate of drug-likeness (QED) is 0.747. The highest BCUT2D eigenvalue weighted by molar-refractivity contribution is 14.1. The zero-order chi connectivity index (χ0) is 13.8. The largest absolute Gasteiger partial charge is 0.348 e. The molecule has 0 aliphatic carbocycles. The van der Waals surface area contributed by atoms with Gasteiger partial charge in [0.1, 0.15) is 0 Å². The van der Waals surface area contributed by atoms with E-state index in [1.807, 2.05) is 18.2 Å². The van der Waals surface area contributed by atoms with Gasteiger partial charge < -0.3 is 5.32 Å². The summed E-state index contributed by atoms with van der Waals surface area (Å²) in [5.41, 5.74) is 1.47. The summed E-state index contributed by atoms with van der Waals surface area (Å²) >= 11 is 14.0. The molecule has 19 heavy (non-hydrogen) atoms. The molecule has 1 N–H and O–H groups in total. The van der Waals surface area contributed by atoms with Crippen LogP contribution in [0.2, 0.25) is 10.0 Å². The predicted octanol–water partition coefficient (Wildman–Crippen LogP) is 4.53. The standard InChI is InChI=1S/C14H10Cl2INO/c15-11-5-4-10(13(16)7-11)8-18-14(19)9-2-1-3-12(17)6-9/h1-7H,8H2,(H,18,19). The van der Waals surface area contributed by atoms with Gasteiger partial charge in [-0.25, -0.2) is 0 Å². The molecular weight excluding hydrogens is 396 g/mol. The van der Waals surface area contributed by atoms with E-state index in [0.717, 1.165) is 9.13 Å². The number of benzene rings is 2. The van der Waals surface area contributed by atoms with Gasteiger partial charge in [-0.05, 0) is 58.5 Å². The zero-order valence-corrected chi connectivity index (χ0v) is 13.5. The number of hydrogen-bond donors (Lipinski definition) is 1. The Balaban J connectivity index is 2.04. The van der Waals surface area contributed by atoms with Gasteiger partial charge in [-0.15, -0.1) is 0 Å². The Hall–Kier alpha value is -0.780. The number of rotatable bonds is 3. The number of nitrogens with one attached hydrogen (secondary N) is 1. The molecule has 98 valence electrons. The van der Waals surface area contributed by atoms with Gasteiger partial charge in [0.05, 0.1) is 0 Å². The Morgan fingerprint density at radius 1 is 1.16 bits per heavy atom. The summed E-state index contributed by atoms with van der Waals surface area (Å²) in [5.74, 6) is -0.121. The van der Waals surface area contributed by atoms with E-state index in [9.17, 15) is 4.79 Å². The van der Waals surface area contributed by atoms with Crippen molar-refractivity contribution in [3.63, 3.8) is 0 Å². The minimum atomic E-state index is -0.121. The van der Waals surface area contributed by atoms with Crippen molar-refractivity contribution >= 4 is 51.7 Å². The second-order valence-corrected chi connectivity index (χ2v) is 6.02. The third kappa shape index (κ3) is 4.09. The maximum Gasteiger partial charge on any atom is 0.251 e. The van der Waals surface area contributed by atoms with Crippen molar-refractivity contribution in [2.75, 3.05) is 0 Å². The first-order chi connectivity index (χ1) is 9.06. The molecule has 0 fully saturated rings. The minimum absolute atomic E-state index is 0.121. The molecule has 0 aromatic heterocycles. The first-order valence-electron chi connectivity index (χ1n) is 5.54. The molecule has 0 saturated heterocycles. The topological polar surface area (TPSA) is 29.1 Å². The molecule has 1 amide bonds. The van der Waals surface area contributed by atoms with Gasteiger partial charge in [0, 0.05) is 25.7 Å². The van der Waals surface area contributed by atoms with Crippen LogP contribution in [-0.2, 0) is 6.54 Å². The van der Waals surface area contributed by atoms with Gasteiger partial charge in [-0.1, -0.05) is 35.3 Å². The van der Waals surface area contributed by atoms with E-state index in [1.165, 1.54) is 0 Å². The average molecular weight is 406 g/mol. The highest BCUT2D eigenvalue weighted by Crippen LogP contribution is 2.20. The van der Waals surface area contributed by atoms with Crippen molar-refractivity contribution in [3.05, 3.63) is 67.2 Å². The summed E-state index contributed by atoms with van der Waals surface area (Å²) in [6.45, 7) is 0.375. The van der Waals surface area contributed by atoms with Crippen LogP contribution < -0.4 is 5.32 Å². The summed E-state index contributed by atoms with van der Waals surface area (Å²) in [4.78, 5) is 12.0. The summed E-state index contributed by atoms with van der Waals surface area (Å²) in [6, 6.07) is 12.6. The number of halogens is 3. The second-order valence-electron chi connectivity index (χ2n) is 3.93. The van der Waals surface area contributed by atoms with Gasteiger partial charge >= 0.3 is 0 Å². The molecule has 0 radical (unpaired) electrons. The fraction of sp³-hybridized carbons (Fsp3) is 0.0714. The van der Waals surface area contributed by atoms with Crippen molar-refractivity contribution in [2.24, 2.45) is 0 Å². The first kappa shape index (κ1) is 14.6. The maximum absolute atomic E-state index is 12.0. The predicted molar refractivity (Wildman–Crippen MR) is 86.8 cm³/mol. The van der Waals surface area contributed by atoms with E-state index >= 15 is 0 Å². The van der Waals surface area contributed by atoms with Gasteiger partial charge in [-0.3, -0.25) is 4.79 Å². The Morgan fingerprint density at radius 2 is 1.95 bits per heavy atom. The summed E-state index contributed by atoms with van der Waals surface area (Å²) in [5, 5.41) is 3.97. The van der Waals surface area contributed by atoms with Gasteiger partial charge in [0.15, 0.2) is 0 Å². The van der Waals surface area contributed by atoms with Crippen LogP contribution in [0.5, 0.6) is 0 Å². The summed E-state index contributed by atoms with van der Waals surface area (Å²) in [7, 11) is 0. The number of amides is 1. The SMILES string of the molecule is O=C(NCc1ccc(Cl)cc1Cl)c1cccc(I)c1. The minimum Gasteiger partial charge on any atom is -0.348 e. The Bertz CT molecular complexity index is 616. The van der Waals surface area contributed by atoms with E-state index < -0.39 is 0 Å². The Labute approximate surface area is 135 Å². The monoisotopic (exact) mass is 405 g/mol. The molecule has 2 aromatic rings. The Kier molecular flexibility index (Phi) is 5.07. The van der Waals surface area contributed by atoms with Crippen LogP contribution in [0.15, 0.2) is 42.5 Å². The van der Waals surface area contributed by atoms with Crippen molar-refractivity contribution in [2.45, 2.75) is 6.54 Å². The Morgan fingerprint density at radius 3 is 2.63 bits per heavy atom. The molecule has 0 spiro atoms. The lowest BCUT2D eigenvalue weighted by Crippen LogP contribution is -2.22. The van der Waals surface area contributed by atoms with E-state index in [2.05, 4.69) is 27.9 Å². The molecule has 0 bridgehead atoms. The fourth-order valence-electron chi connectivity index (χ4n) is 1.57. The van der Waals surface area contributed by atoms with Gasteiger partial charge in [0.25, 0.3) is 5.91 Å². The van der Waals surface area contributed by atoms with E-state index in [1.54, 1.807) is 24.3 Å². The summed E-state index contributed by atoms with van der Waals surface area (Å²) in [6.07, 6.45) is 0. The van der Waals surface area contributed by atoms with Crippen LogP contribution >= 0.6 is 45.8 Å². The molecule has 0 atom stereocenters. The van der Waals surface area contributed by atoms with E-state index in [0.29, 0.717) is 22.2 Å². The molecule has 0 unspecified atom stereocenters. The fourth-order valence-corrected chi connectivity index (χ4v) is 2.59. The molecule has 2 aromatic carbocycles. The second kappa shape index (κ2) is 6.59. The highest BCUT2D eigenvalue weighted by atomic mass is 127. The van der Waals surface area contributed by atoms with Crippen LogP contribution in [0.4, 0.5) is 0 Å². The van der Waals surface area contributed by atoms with Crippen molar-refractivity contribution in [1.82, 2.24) is 5.32 Å². The molecule has 0 heterocycles. The molecule has 0 aliphatic heterocycles. The third-order valence-electron chi connectivity index (χ3n) is 2.54. The van der Waals surface area contributed by atoms with Crippen molar-refractivity contribution in [1.29, 1.82) is 0 Å². The van der Waals surface area contributed by atoms with Crippen LogP contribution in [0.3, 0.4) is 0 Å². The maximum atomic E-state index is 12.0. The summed E-state index contributed by atoms with van der Waals surface area (Å²) < 4.78 is 1.02. The number of carbonyl (C=O) groups is 1. The van der Waals surface area contributed by atoms with Crippen LogP contribution in [0.25, 0.3) is 0 Å². The molecule has 2 rings (SSSR count). The van der Waals surface area contributed by atoms with Crippen LogP contribution in [0.1, 0.15) is 15.9 Å². The van der Waals surface area contributed by atoms with Crippen LogP contribution in [0, 0.1) is 3.57 Å². The lowest BCUT2D eigenvalue weighted by Gasteiger charge is -2.07. The number of carbonyl (C=O) groups excluding carboxylic acids is 1. The lowest BCUT2D eigenvalue weighted by molar-refractivity contribution is 0.0951. The molecule has 2 nitrogen and oxygen atoms in total. The van der Waals surface area contributed by atoms with Gasteiger partial charge in [-0.2, -0.15) is 0 Å².